The lowest BCUT2D eigenvalue weighted by Gasteiger charge is -2.21. The third kappa shape index (κ3) is 71.1. The Kier molecular flexibility index (Phi) is 69.3. The number of aliphatic hydroxyl groups is 1. The van der Waals surface area contributed by atoms with Gasteiger partial charge in [-0.05, 0) is 37.5 Å². The molecule has 0 aliphatic heterocycles. The van der Waals surface area contributed by atoms with Crippen LogP contribution in [-0.2, 0) is 65.4 Å². The van der Waals surface area contributed by atoms with Crippen molar-refractivity contribution in [2.24, 2.45) is 11.8 Å². The van der Waals surface area contributed by atoms with Crippen LogP contribution in [0.4, 0.5) is 0 Å². The van der Waals surface area contributed by atoms with E-state index in [1.54, 1.807) is 0 Å². The number of esters is 4. The fraction of sp³-hybridized carbons (Fsp3) is 0.949. The molecular weight excluding hydrogens is 1280 g/mol. The average molecular weight is 1440 g/mol. The summed E-state index contributed by atoms with van der Waals surface area (Å²) in [5.74, 6) is -0.619. The number of ether oxygens (including phenoxy) is 4. The molecule has 0 amide bonds. The zero-order valence-corrected chi connectivity index (χ0v) is 65.9. The van der Waals surface area contributed by atoms with Gasteiger partial charge in [-0.25, -0.2) is 9.13 Å². The molecule has 0 spiro atoms. The van der Waals surface area contributed by atoms with Crippen LogP contribution in [0.15, 0.2) is 0 Å². The van der Waals surface area contributed by atoms with Crippen molar-refractivity contribution in [2.45, 2.75) is 432 Å². The van der Waals surface area contributed by atoms with E-state index in [-0.39, 0.29) is 25.7 Å². The normalized spacial score (nSPS) is 14.2. The molecule has 0 aromatic rings. The van der Waals surface area contributed by atoms with Crippen molar-refractivity contribution in [2.75, 3.05) is 39.6 Å². The Balaban J connectivity index is 5.20. The van der Waals surface area contributed by atoms with Crippen molar-refractivity contribution < 1.29 is 80.2 Å². The molecule has 0 saturated carbocycles. The van der Waals surface area contributed by atoms with E-state index in [0.29, 0.717) is 25.7 Å². The first kappa shape index (κ1) is 96.1. The Labute approximate surface area is 600 Å². The first-order valence-electron chi connectivity index (χ1n) is 41.0. The van der Waals surface area contributed by atoms with Crippen LogP contribution in [0.5, 0.6) is 0 Å². The lowest BCUT2D eigenvalue weighted by atomic mass is 9.99. The third-order valence-electron chi connectivity index (χ3n) is 18.8. The Morgan fingerprint density at radius 3 is 0.776 bits per heavy atom. The minimum absolute atomic E-state index is 0.105. The lowest BCUT2D eigenvalue weighted by Crippen LogP contribution is -2.30. The number of phosphoric ester groups is 2. The van der Waals surface area contributed by atoms with Gasteiger partial charge < -0.3 is 33.8 Å². The van der Waals surface area contributed by atoms with Crippen molar-refractivity contribution in [1.82, 2.24) is 0 Å². The van der Waals surface area contributed by atoms with Crippen molar-refractivity contribution >= 4 is 39.5 Å². The molecule has 3 unspecified atom stereocenters. The zero-order chi connectivity index (χ0) is 72.1. The second kappa shape index (κ2) is 70.7. The van der Waals surface area contributed by atoms with Crippen LogP contribution < -0.4 is 0 Å². The maximum absolute atomic E-state index is 13.1. The van der Waals surface area contributed by atoms with Gasteiger partial charge in [-0.2, -0.15) is 0 Å². The summed E-state index contributed by atoms with van der Waals surface area (Å²) in [7, 11) is -9.91. The summed E-state index contributed by atoms with van der Waals surface area (Å²) in [6, 6.07) is 0. The van der Waals surface area contributed by atoms with Gasteiger partial charge in [0, 0.05) is 25.7 Å². The second-order valence-electron chi connectivity index (χ2n) is 29.2. The summed E-state index contributed by atoms with van der Waals surface area (Å²) in [5, 5.41) is 10.6. The highest BCUT2D eigenvalue weighted by Gasteiger charge is 2.30. The van der Waals surface area contributed by atoms with Crippen LogP contribution in [0.25, 0.3) is 0 Å². The maximum atomic E-state index is 13.1. The molecule has 0 radical (unpaired) electrons. The fourth-order valence-electron chi connectivity index (χ4n) is 12.2. The molecule has 0 aliphatic rings. The Hall–Kier alpha value is -1.94. The van der Waals surface area contributed by atoms with E-state index < -0.39 is 97.5 Å². The molecular formula is C79H154O17P2. The molecule has 0 bridgehead atoms. The van der Waals surface area contributed by atoms with Gasteiger partial charge in [-0.3, -0.25) is 37.3 Å². The van der Waals surface area contributed by atoms with Gasteiger partial charge in [0.1, 0.15) is 19.3 Å². The smallest absolute Gasteiger partial charge is 0.462 e. The van der Waals surface area contributed by atoms with Crippen molar-refractivity contribution in [3.05, 3.63) is 0 Å². The van der Waals surface area contributed by atoms with E-state index in [9.17, 15) is 43.2 Å². The van der Waals surface area contributed by atoms with Gasteiger partial charge in [0.15, 0.2) is 12.2 Å². The van der Waals surface area contributed by atoms with E-state index in [0.717, 1.165) is 102 Å². The average Bonchev–Trinajstić information content (AvgIpc) is 1.20. The number of hydrogen-bond acceptors (Lipinski definition) is 15. The Bertz CT molecular complexity index is 1890. The number of carbonyl (C=O) groups is 4. The number of carbonyl (C=O) groups excluding carboxylic acids is 4. The largest absolute Gasteiger partial charge is 0.472 e. The maximum Gasteiger partial charge on any atom is 0.472 e. The molecule has 6 atom stereocenters. The van der Waals surface area contributed by atoms with Crippen LogP contribution in [0.2, 0.25) is 0 Å². The highest BCUT2D eigenvalue weighted by molar-refractivity contribution is 7.47. The van der Waals surface area contributed by atoms with E-state index in [1.807, 2.05) is 0 Å². The summed E-state index contributed by atoms with van der Waals surface area (Å²) in [4.78, 5) is 72.9. The third-order valence-corrected chi connectivity index (χ3v) is 20.7. The first-order chi connectivity index (χ1) is 47.4. The highest BCUT2D eigenvalue weighted by atomic mass is 31.2. The van der Waals surface area contributed by atoms with Crippen molar-refractivity contribution in [3.8, 4) is 0 Å². The molecule has 0 fully saturated rings. The van der Waals surface area contributed by atoms with Gasteiger partial charge in [0.2, 0.25) is 0 Å². The molecule has 17 nitrogen and oxygen atoms in total. The Morgan fingerprint density at radius 2 is 0.520 bits per heavy atom. The molecule has 98 heavy (non-hydrogen) atoms. The molecule has 0 heterocycles. The summed E-state index contributed by atoms with van der Waals surface area (Å²) >= 11 is 0. The first-order valence-corrected chi connectivity index (χ1v) is 44.0. The number of hydrogen-bond donors (Lipinski definition) is 3. The number of phosphoric acid groups is 2. The quantitative estimate of drug-likeness (QED) is 0.0222. The number of rotatable bonds is 78. The molecule has 0 aromatic carbocycles. The van der Waals surface area contributed by atoms with Gasteiger partial charge in [-0.15, -0.1) is 0 Å². The number of unbranched alkanes of at least 4 members (excludes halogenated alkanes) is 47. The molecule has 19 heteroatoms. The molecule has 0 saturated heterocycles. The minimum atomic E-state index is -4.96. The predicted octanol–water partition coefficient (Wildman–Crippen LogP) is 23.5. The summed E-state index contributed by atoms with van der Waals surface area (Å²) < 4.78 is 68.6. The minimum Gasteiger partial charge on any atom is -0.462 e. The van der Waals surface area contributed by atoms with Gasteiger partial charge in [0.05, 0.1) is 26.4 Å². The molecule has 582 valence electrons. The fourth-order valence-corrected chi connectivity index (χ4v) is 13.7. The monoisotopic (exact) mass is 1440 g/mol. The van der Waals surface area contributed by atoms with Crippen LogP contribution in [-0.4, -0.2) is 96.7 Å². The SMILES string of the molecule is CCCCCCCCCCCCCCCCCCCCCCCCC(=O)O[C@H](COC(=O)CCCCCCCCCCCCCCC)COP(=O)(O)OC[C@@H](O)COP(=O)(O)OC[C@@H](COC(=O)CCCCCCCCCCC(C)C)OC(=O)CCCCCCCCCCC(C)CC. The van der Waals surface area contributed by atoms with Crippen LogP contribution >= 0.6 is 15.6 Å². The van der Waals surface area contributed by atoms with Crippen molar-refractivity contribution in [1.29, 1.82) is 0 Å². The van der Waals surface area contributed by atoms with Crippen LogP contribution in [0, 0.1) is 11.8 Å². The molecule has 0 aliphatic carbocycles. The van der Waals surface area contributed by atoms with E-state index in [2.05, 4.69) is 41.5 Å². The van der Waals surface area contributed by atoms with E-state index in [4.69, 9.17) is 37.0 Å². The van der Waals surface area contributed by atoms with E-state index >= 15 is 0 Å². The topological polar surface area (TPSA) is 237 Å². The summed E-state index contributed by atoms with van der Waals surface area (Å²) in [6.07, 6.45) is 59.8. The zero-order valence-electron chi connectivity index (χ0n) is 64.1. The van der Waals surface area contributed by atoms with Gasteiger partial charge in [0.25, 0.3) is 0 Å². The van der Waals surface area contributed by atoms with Crippen LogP contribution in [0.1, 0.15) is 414 Å². The van der Waals surface area contributed by atoms with Gasteiger partial charge >= 0.3 is 39.5 Å². The van der Waals surface area contributed by atoms with Gasteiger partial charge in [-0.1, -0.05) is 363 Å². The predicted molar refractivity (Wildman–Crippen MR) is 400 cm³/mol. The summed E-state index contributed by atoms with van der Waals surface area (Å²) in [5.41, 5.74) is 0. The number of aliphatic hydroxyl groups excluding tert-OH is 1. The standard InChI is InChI=1S/C79H154O17P2/c1-7-10-12-14-16-18-20-22-23-24-25-26-27-28-29-30-32-34-36-45-51-57-63-78(83)95-74(67-89-76(81)61-55-49-43-35-33-31-21-19-17-15-13-11-8-2)69-93-97(85,86)91-65-73(80)66-92-98(87,88)94-70-75(68-90-77(82)62-56-50-44-39-37-41-47-53-59-71(4)5)96-79(84)64-58-52-46-40-38-42-48-54-60-72(6)9-3/h71-75,80H,7-70H2,1-6H3,(H,85,86)(H,87,88)/t72?,73-,74-,75-/m1/s1. The van der Waals surface area contributed by atoms with E-state index in [1.165, 1.54) is 231 Å². The lowest BCUT2D eigenvalue weighted by molar-refractivity contribution is -0.161. The molecule has 0 aromatic heterocycles. The molecule has 3 N–H and O–H groups in total. The second-order valence-corrected chi connectivity index (χ2v) is 32.1. The highest BCUT2D eigenvalue weighted by Crippen LogP contribution is 2.45. The van der Waals surface area contributed by atoms with Crippen molar-refractivity contribution in [3.63, 3.8) is 0 Å². The Morgan fingerprint density at radius 1 is 0.296 bits per heavy atom. The summed E-state index contributed by atoms with van der Waals surface area (Å²) in [6.45, 7) is 9.57. The molecule has 0 rings (SSSR count). The van der Waals surface area contributed by atoms with Crippen LogP contribution in [0.3, 0.4) is 0 Å².